The topological polar surface area (TPSA) is 45.2 Å². The number of aryl methyl sites for hydroxylation is 2. The van der Waals surface area contributed by atoms with E-state index in [0.29, 0.717) is 6.42 Å². The van der Waals surface area contributed by atoms with Crippen LogP contribution in [-0.4, -0.2) is 35.9 Å². The monoisotopic (exact) mass is 325 g/mol. The zero-order valence-corrected chi connectivity index (χ0v) is 14.9. The molecule has 4 heteroatoms. The minimum atomic E-state index is 0.0785. The van der Waals surface area contributed by atoms with Crippen LogP contribution < -0.4 is 5.32 Å². The third-order valence-electron chi connectivity index (χ3n) is 4.26. The molecule has 24 heavy (non-hydrogen) atoms. The van der Waals surface area contributed by atoms with Crippen molar-refractivity contribution in [3.8, 4) is 0 Å². The lowest BCUT2D eigenvalue weighted by Crippen LogP contribution is -2.26. The van der Waals surface area contributed by atoms with E-state index in [1.807, 2.05) is 43.6 Å². The number of pyridine rings is 1. The van der Waals surface area contributed by atoms with E-state index in [9.17, 15) is 4.79 Å². The van der Waals surface area contributed by atoms with Crippen LogP contribution in [0.2, 0.25) is 0 Å². The van der Waals surface area contributed by atoms with Crippen LogP contribution in [0.3, 0.4) is 0 Å². The van der Waals surface area contributed by atoms with Gasteiger partial charge in [0, 0.05) is 37.6 Å². The van der Waals surface area contributed by atoms with Gasteiger partial charge in [0.05, 0.1) is 0 Å². The van der Waals surface area contributed by atoms with Gasteiger partial charge in [0.2, 0.25) is 5.91 Å². The van der Waals surface area contributed by atoms with E-state index in [4.69, 9.17) is 0 Å². The number of aromatic nitrogens is 1. The molecule has 1 aromatic heterocycles. The number of hydrogen-bond donors (Lipinski definition) is 1. The molecule has 0 aliphatic carbocycles. The van der Waals surface area contributed by atoms with Crippen LogP contribution >= 0.6 is 0 Å². The van der Waals surface area contributed by atoms with Crippen molar-refractivity contribution in [2.75, 3.05) is 25.5 Å². The summed E-state index contributed by atoms with van der Waals surface area (Å²) < 4.78 is 0. The van der Waals surface area contributed by atoms with E-state index in [2.05, 4.69) is 35.2 Å². The number of anilines is 1. The summed E-state index contributed by atoms with van der Waals surface area (Å²) in [6, 6.07) is 10.2. The van der Waals surface area contributed by atoms with Gasteiger partial charge in [-0.1, -0.05) is 25.1 Å². The largest absolute Gasteiger partial charge is 0.326 e. The molecule has 0 saturated heterocycles. The molecule has 1 amide bonds. The van der Waals surface area contributed by atoms with Crippen molar-refractivity contribution < 1.29 is 4.79 Å². The second-order valence-electron chi connectivity index (χ2n) is 6.17. The summed E-state index contributed by atoms with van der Waals surface area (Å²) in [5, 5.41) is 3.09. The van der Waals surface area contributed by atoms with Crippen molar-refractivity contribution in [2.45, 2.75) is 33.1 Å². The van der Waals surface area contributed by atoms with Gasteiger partial charge in [-0.25, -0.2) is 0 Å². The summed E-state index contributed by atoms with van der Waals surface area (Å²) in [4.78, 5) is 18.5. The molecule has 128 valence electrons. The molecule has 0 radical (unpaired) electrons. The third-order valence-corrected chi connectivity index (χ3v) is 4.26. The number of nitrogens with zero attached hydrogens (tertiary/aromatic N) is 2. The highest BCUT2D eigenvalue weighted by Gasteiger charge is 2.09. The number of amides is 1. The normalized spacial score (nSPS) is 10.8. The van der Waals surface area contributed by atoms with E-state index in [1.54, 1.807) is 0 Å². The van der Waals surface area contributed by atoms with E-state index in [-0.39, 0.29) is 5.91 Å². The summed E-state index contributed by atoms with van der Waals surface area (Å²) in [6.07, 6.45) is 6.03. The first kappa shape index (κ1) is 18.1. The SMILES string of the molecule is CCc1cccc(C)c1NC(=O)CCN(C)CCc1ccncc1. The first-order valence-electron chi connectivity index (χ1n) is 8.56. The first-order chi connectivity index (χ1) is 11.6. The number of likely N-dealkylation sites (N-methyl/N-ethyl adjacent to an activating group) is 1. The van der Waals surface area contributed by atoms with Gasteiger partial charge in [0.1, 0.15) is 0 Å². The molecule has 0 aliphatic rings. The van der Waals surface area contributed by atoms with Crippen LogP contribution in [0.25, 0.3) is 0 Å². The summed E-state index contributed by atoms with van der Waals surface area (Å²) in [7, 11) is 2.06. The zero-order chi connectivity index (χ0) is 17.4. The van der Waals surface area contributed by atoms with Crippen LogP contribution in [-0.2, 0) is 17.6 Å². The Labute approximate surface area is 144 Å². The molecule has 0 bridgehead atoms. The second kappa shape index (κ2) is 9.18. The average molecular weight is 325 g/mol. The number of carbonyl (C=O) groups is 1. The number of rotatable bonds is 8. The van der Waals surface area contributed by atoms with E-state index in [1.165, 1.54) is 11.1 Å². The molecule has 2 rings (SSSR count). The Morgan fingerprint density at radius 2 is 1.92 bits per heavy atom. The lowest BCUT2D eigenvalue weighted by atomic mass is 10.1. The van der Waals surface area contributed by atoms with Crippen molar-refractivity contribution in [1.82, 2.24) is 9.88 Å². The second-order valence-corrected chi connectivity index (χ2v) is 6.17. The standard InChI is InChI=1S/C20H27N3O/c1-4-18-7-5-6-16(2)20(18)22-19(24)11-15-23(3)14-10-17-8-12-21-13-9-17/h5-9,12-13H,4,10-11,14-15H2,1-3H3,(H,22,24). The number of nitrogens with one attached hydrogen (secondary N) is 1. The summed E-state index contributed by atoms with van der Waals surface area (Å²) in [6.45, 7) is 5.83. The lowest BCUT2D eigenvalue weighted by Gasteiger charge is -2.17. The molecule has 0 fully saturated rings. The van der Waals surface area contributed by atoms with Crippen LogP contribution in [0, 0.1) is 6.92 Å². The Kier molecular flexibility index (Phi) is 6.94. The van der Waals surface area contributed by atoms with E-state index >= 15 is 0 Å². The maximum absolute atomic E-state index is 12.3. The Bertz CT molecular complexity index is 655. The molecule has 2 aromatic rings. The van der Waals surface area contributed by atoms with Gasteiger partial charge >= 0.3 is 0 Å². The van der Waals surface area contributed by atoms with Crippen molar-refractivity contribution in [2.24, 2.45) is 0 Å². The predicted molar refractivity (Wildman–Crippen MR) is 99.2 cm³/mol. The molecule has 0 atom stereocenters. The summed E-state index contributed by atoms with van der Waals surface area (Å²) in [5.41, 5.74) is 4.56. The van der Waals surface area contributed by atoms with E-state index in [0.717, 1.165) is 37.2 Å². The van der Waals surface area contributed by atoms with Gasteiger partial charge in [0.15, 0.2) is 0 Å². The van der Waals surface area contributed by atoms with Crippen LogP contribution in [0.4, 0.5) is 5.69 Å². The fourth-order valence-electron chi connectivity index (χ4n) is 2.68. The molecule has 1 heterocycles. The van der Waals surface area contributed by atoms with Gasteiger partial charge in [-0.3, -0.25) is 9.78 Å². The molecule has 0 spiro atoms. The third kappa shape index (κ3) is 5.46. The smallest absolute Gasteiger partial charge is 0.225 e. The Hall–Kier alpha value is -2.20. The Balaban J connectivity index is 1.79. The lowest BCUT2D eigenvalue weighted by molar-refractivity contribution is -0.116. The predicted octanol–water partition coefficient (Wildman–Crippen LogP) is 3.46. The highest BCUT2D eigenvalue weighted by molar-refractivity contribution is 5.92. The van der Waals surface area contributed by atoms with Crippen LogP contribution in [0.1, 0.15) is 30.0 Å². The minimum absolute atomic E-state index is 0.0785. The van der Waals surface area contributed by atoms with Crippen molar-refractivity contribution in [3.63, 3.8) is 0 Å². The number of para-hydroxylation sites is 1. The molecular weight excluding hydrogens is 298 g/mol. The van der Waals surface area contributed by atoms with Gasteiger partial charge in [-0.2, -0.15) is 0 Å². The number of hydrogen-bond acceptors (Lipinski definition) is 3. The van der Waals surface area contributed by atoms with Crippen LogP contribution in [0.5, 0.6) is 0 Å². The number of carbonyl (C=O) groups excluding carboxylic acids is 1. The quantitative estimate of drug-likeness (QED) is 0.808. The molecule has 1 N–H and O–H groups in total. The highest BCUT2D eigenvalue weighted by Crippen LogP contribution is 2.21. The highest BCUT2D eigenvalue weighted by atomic mass is 16.1. The zero-order valence-electron chi connectivity index (χ0n) is 14.9. The molecule has 4 nitrogen and oxygen atoms in total. The van der Waals surface area contributed by atoms with Crippen molar-refractivity contribution in [3.05, 3.63) is 59.4 Å². The van der Waals surface area contributed by atoms with E-state index < -0.39 is 0 Å². The van der Waals surface area contributed by atoms with Gasteiger partial charge < -0.3 is 10.2 Å². The molecule has 0 aliphatic heterocycles. The molecule has 0 saturated carbocycles. The first-order valence-corrected chi connectivity index (χ1v) is 8.56. The van der Waals surface area contributed by atoms with Gasteiger partial charge in [0.25, 0.3) is 0 Å². The maximum Gasteiger partial charge on any atom is 0.225 e. The Morgan fingerprint density at radius 3 is 2.62 bits per heavy atom. The molecule has 1 aromatic carbocycles. The van der Waals surface area contributed by atoms with Gasteiger partial charge in [-0.15, -0.1) is 0 Å². The summed E-state index contributed by atoms with van der Waals surface area (Å²) in [5.74, 6) is 0.0785. The fourth-order valence-corrected chi connectivity index (χ4v) is 2.68. The van der Waals surface area contributed by atoms with Gasteiger partial charge in [-0.05, 0) is 55.6 Å². The number of benzene rings is 1. The minimum Gasteiger partial charge on any atom is -0.326 e. The fraction of sp³-hybridized carbons (Fsp3) is 0.400. The van der Waals surface area contributed by atoms with Crippen molar-refractivity contribution >= 4 is 11.6 Å². The van der Waals surface area contributed by atoms with Crippen LogP contribution in [0.15, 0.2) is 42.7 Å². The summed E-state index contributed by atoms with van der Waals surface area (Å²) >= 11 is 0. The molecular formula is C20H27N3O. The average Bonchev–Trinajstić information content (AvgIpc) is 2.60. The van der Waals surface area contributed by atoms with Crippen molar-refractivity contribution in [1.29, 1.82) is 0 Å². The molecule has 0 unspecified atom stereocenters. The maximum atomic E-state index is 12.3. The Morgan fingerprint density at radius 1 is 1.17 bits per heavy atom.